The number of hydrogen-bond donors (Lipinski definition) is 3. The normalized spacial score (nSPS) is 13.4. The minimum atomic E-state index is -3.66. The average Bonchev–Trinajstić information content (AvgIpc) is 2.34. The Morgan fingerprint density at radius 2 is 1.90 bits per heavy atom. The summed E-state index contributed by atoms with van der Waals surface area (Å²) in [6.45, 7) is 7.25. The molecule has 0 radical (unpaired) electrons. The van der Waals surface area contributed by atoms with Crippen LogP contribution in [0.15, 0.2) is 11.0 Å². The molecule has 4 N–H and O–H groups in total. The number of benzene rings is 1. The molecule has 0 aliphatic carbocycles. The number of anilines is 1. The van der Waals surface area contributed by atoms with Gasteiger partial charge in [-0.3, -0.25) is 0 Å². The molecule has 5 nitrogen and oxygen atoms in total. The molecular formula is C14H24N2O3S. The van der Waals surface area contributed by atoms with Crippen LogP contribution in [0.3, 0.4) is 0 Å². The van der Waals surface area contributed by atoms with E-state index in [2.05, 4.69) is 4.72 Å². The fourth-order valence-corrected chi connectivity index (χ4v) is 3.86. The smallest absolute Gasteiger partial charge is 0.241 e. The summed E-state index contributed by atoms with van der Waals surface area (Å²) in [4.78, 5) is 0.212. The lowest BCUT2D eigenvalue weighted by Gasteiger charge is -2.17. The van der Waals surface area contributed by atoms with Gasteiger partial charge in [-0.05, 0) is 43.9 Å². The van der Waals surface area contributed by atoms with Gasteiger partial charge in [0.25, 0.3) is 0 Å². The number of nitrogens with two attached hydrogens (primary N) is 1. The minimum absolute atomic E-state index is 0.0167. The molecule has 0 saturated heterocycles. The van der Waals surface area contributed by atoms with Crippen molar-refractivity contribution in [3.8, 4) is 0 Å². The van der Waals surface area contributed by atoms with Crippen LogP contribution in [0, 0.1) is 20.8 Å². The number of aryl methyl sites for hydroxylation is 2. The summed E-state index contributed by atoms with van der Waals surface area (Å²) in [5.41, 5.74) is 8.48. The quantitative estimate of drug-likeness (QED) is 0.696. The number of nitrogen functional groups attached to an aromatic ring is 1. The highest BCUT2D eigenvalue weighted by atomic mass is 32.2. The van der Waals surface area contributed by atoms with Crippen LogP contribution in [0.25, 0.3) is 0 Å². The number of sulfonamides is 1. The zero-order chi connectivity index (χ0) is 15.5. The van der Waals surface area contributed by atoms with Crippen molar-refractivity contribution in [3.63, 3.8) is 0 Å². The molecule has 1 unspecified atom stereocenters. The molecule has 114 valence electrons. The lowest BCUT2D eigenvalue weighted by molar-refractivity contribution is 0.167. The Kier molecular flexibility index (Phi) is 5.56. The first-order valence-corrected chi connectivity index (χ1v) is 8.23. The lowest BCUT2D eigenvalue weighted by atomic mass is 10.1. The highest BCUT2D eigenvalue weighted by molar-refractivity contribution is 7.89. The molecule has 0 aliphatic heterocycles. The molecule has 0 fully saturated rings. The van der Waals surface area contributed by atoms with Gasteiger partial charge in [0.15, 0.2) is 0 Å². The molecule has 0 spiro atoms. The lowest BCUT2D eigenvalue weighted by Crippen LogP contribution is -2.33. The molecule has 1 aromatic carbocycles. The van der Waals surface area contributed by atoms with Crippen molar-refractivity contribution in [2.24, 2.45) is 0 Å². The van der Waals surface area contributed by atoms with Crippen molar-refractivity contribution >= 4 is 15.7 Å². The summed E-state index contributed by atoms with van der Waals surface area (Å²) in [7, 11) is -3.66. The molecule has 0 heterocycles. The molecule has 6 heteroatoms. The Morgan fingerprint density at radius 3 is 2.45 bits per heavy atom. The maximum Gasteiger partial charge on any atom is 0.241 e. The van der Waals surface area contributed by atoms with Crippen molar-refractivity contribution in [2.45, 2.75) is 51.5 Å². The number of rotatable bonds is 6. The van der Waals surface area contributed by atoms with Crippen molar-refractivity contribution < 1.29 is 13.5 Å². The van der Waals surface area contributed by atoms with E-state index in [0.717, 1.165) is 12.0 Å². The van der Waals surface area contributed by atoms with Crippen LogP contribution in [-0.4, -0.2) is 26.2 Å². The zero-order valence-electron chi connectivity index (χ0n) is 12.5. The third kappa shape index (κ3) is 3.71. The molecule has 1 rings (SSSR count). The molecular weight excluding hydrogens is 276 g/mol. The molecule has 1 aromatic rings. The molecule has 0 saturated carbocycles. The van der Waals surface area contributed by atoms with Crippen molar-refractivity contribution in [1.29, 1.82) is 0 Å². The first-order valence-electron chi connectivity index (χ1n) is 6.74. The van der Waals surface area contributed by atoms with E-state index in [1.807, 2.05) is 13.8 Å². The van der Waals surface area contributed by atoms with Crippen LogP contribution in [0.4, 0.5) is 5.69 Å². The molecule has 1 atom stereocenters. The predicted octanol–water partition coefficient (Wildman–Crippen LogP) is 1.63. The summed E-state index contributed by atoms with van der Waals surface area (Å²) in [6.07, 6.45) is 0.702. The highest BCUT2D eigenvalue weighted by Crippen LogP contribution is 2.27. The molecule has 0 aliphatic rings. The van der Waals surface area contributed by atoms with E-state index in [1.165, 1.54) is 0 Å². The van der Waals surface area contributed by atoms with Crippen molar-refractivity contribution in [2.75, 3.05) is 12.3 Å². The Bertz CT molecular complexity index is 583. The van der Waals surface area contributed by atoms with Gasteiger partial charge in [0.05, 0.1) is 11.0 Å². The SMILES string of the molecule is CCCC(O)CNS(=O)(=O)c1c(C)cc(C)c(N)c1C. The van der Waals surface area contributed by atoms with Gasteiger partial charge in [-0.15, -0.1) is 0 Å². The Hall–Kier alpha value is -1.11. The van der Waals surface area contributed by atoms with E-state index in [0.29, 0.717) is 23.2 Å². The topological polar surface area (TPSA) is 92.4 Å². The summed E-state index contributed by atoms with van der Waals surface area (Å²) in [5.74, 6) is 0. The van der Waals surface area contributed by atoms with Crippen LogP contribution >= 0.6 is 0 Å². The monoisotopic (exact) mass is 300 g/mol. The van der Waals surface area contributed by atoms with Gasteiger partial charge in [-0.1, -0.05) is 19.4 Å². The van der Waals surface area contributed by atoms with Gasteiger partial charge < -0.3 is 10.8 Å². The van der Waals surface area contributed by atoms with Gasteiger partial charge in [-0.25, -0.2) is 13.1 Å². The third-order valence-electron chi connectivity index (χ3n) is 3.36. The van der Waals surface area contributed by atoms with Crippen LogP contribution in [-0.2, 0) is 10.0 Å². The Balaban J connectivity index is 3.08. The fourth-order valence-electron chi connectivity index (χ4n) is 2.31. The summed E-state index contributed by atoms with van der Waals surface area (Å²) >= 11 is 0. The van der Waals surface area contributed by atoms with Gasteiger partial charge in [-0.2, -0.15) is 0 Å². The van der Waals surface area contributed by atoms with E-state index in [9.17, 15) is 13.5 Å². The van der Waals surface area contributed by atoms with E-state index < -0.39 is 16.1 Å². The van der Waals surface area contributed by atoms with Crippen molar-refractivity contribution in [1.82, 2.24) is 4.72 Å². The molecule has 0 bridgehead atoms. The standard InChI is InChI=1S/C14H24N2O3S/c1-5-6-12(17)8-16-20(18,19)14-10(3)7-9(2)13(15)11(14)4/h7,12,16-17H,5-6,8,15H2,1-4H3. The van der Waals surface area contributed by atoms with Crippen LogP contribution in [0.2, 0.25) is 0 Å². The number of nitrogens with one attached hydrogen (secondary N) is 1. The first-order chi connectivity index (χ1) is 9.20. The van der Waals surface area contributed by atoms with E-state index in [1.54, 1.807) is 19.9 Å². The minimum Gasteiger partial charge on any atom is -0.398 e. The van der Waals surface area contributed by atoms with Gasteiger partial charge in [0.1, 0.15) is 0 Å². The Morgan fingerprint density at radius 1 is 1.30 bits per heavy atom. The van der Waals surface area contributed by atoms with E-state index >= 15 is 0 Å². The van der Waals surface area contributed by atoms with Crippen LogP contribution in [0.1, 0.15) is 36.5 Å². The van der Waals surface area contributed by atoms with Crippen LogP contribution < -0.4 is 10.5 Å². The predicted molar refractivity (Wildman–Crippen MR) is 81.2 cm³/mol. The zero-order valence-corrected chi connectivity index (χ0v) is 13.3. The maximum absolute atomic E-state index is 12.4. The van der Waals surface area contributed by atoms with Gasteiger partial charge in [0, 0.05) is 12.2 Å². The van der Waals surface area contributed by atoms with Gasteiger partial charge in [0.2, 0.25) is 10.0 Å². The number of hydrogen-bond acceptors (Lipinski definition) is 4. The Labute approximate surface area is 121 Å². The first kappa shape index (κ1) is 16.9. The number of aliphatic hydroxyl groups is 1. The second-order valence-electron chi connectivity index (χ2n) is 5.17. The summed E-state index contributed by atoms with van der Waals surface area (Å²) in [6, 6.07) is 1.76. The molecule has 0 amide bonds. The third-order valence-corrected chi connectivity index (χ3v) is 5.07. The highest BCUT2D eigenvalue weighted by Gasteiger charge is 2.22. The fraction of sp³-hybridized carbons (Fsp3) is 0.571. The average molecular weight is 300 g/mol. The second kappa shape index (κ2) is 6.56. The molecule has 0 aromatic heterocycles. The largest absolute Gasteiger partial charge is 0.398 e. The van der Waals surface area contributed by atoms with Crippen molar-refractivity contribution in [3.05, 3.63) is 22.8 Å². The second-order valence-corrected chi connectivity index (χ2v) is 6.88. The van der Waals surface area contributed by atoms with E-state index in [4.69, 9.17) is 5.73 Å². The number of aliphatic hydroxyl groups excluding tert-OH is 1. The molecule has 20 heavy (non-hydrogen) atoms. The summed E-state index contributed by atoms with van der Waals surface area (Å²) in [5, 5.41) is 9.65. The summed E-state index contributed by atoms with van der Waals surface area (Å²) < 4.78 is 27.2. The maximum atomic E-state index is 12.4. The van der Waals surface area contributed by atoms with Gasteiger partial charge >= 0.3 is 0 Å². The van der Waals surface area contributed by atoms with Crippen LogP contribution in [0.5, 0.6) is 0 Å². The van der Waals surface area contributed by atoms with E-state index in [-0.39, 0.29) is 11.4 Å².